The Labute approximate surface area is 102 Å². The van der Waals surface area contributed by atoms with E-state index < -0.39 is 0 Å². The van der Waals surface area contributed by atoms with Crippen LogP contribution >= 0.6 is 12.2 Å². The van der Waals surface area contributed by atoms with Crippen LogP contribution in [0.2, 0.25) is 0 Å². The molecule has 1 atom stereocenters. The molecule has 0 amide bonds. The summed E-state index contributed by atoms with van der Waals surface area (Å²) in [5.74, 6) is 0.842. The fraction of sp³-hybridized carbons (Fsp3) is 0.500. The van der Waals surface area contributed by atoms with Crippen LogP contribution in [0.15, 0.2) is 18.3 Å². The van der Waals surface area contributed by atoms with E-state index in [1.807, 2.05) is 12.1 Å². The van der Waals surface area contributed by atoms with Gasteiger partial charge in [0.1, 0.15) is 10.8 Å². The predicted molar refractivity (Wildman–Crippen MR) is 72.7 cm³/mol. The van der Waals surface area contributed by atoms with Gasteiger partial charge in [-0.25, -0.2) is 4.98 Å². The molecule has 1 heterocycles. The van der Waals surface area contributed by atoms with Crippen molar-refractivity contribution in [2.75, 3.05) is 5.32 Å². The zero-order valence-electron chi connectivity index (χ0n) is 9.86. The summed E-state index contributed by atoms with van der Waals surface area (Å²) in [6.45, 7) is 4.35. The van der Waals surface area contributed by atoms with Crippen molar-refractivity contribution in [3.05, 3.63) is 23.9 Å². The Kier molecular flexibility index (Phi) is 5.19. The number of anilines is 1. The zero-order chi connectivity index (χ0) is 12.0. The van der Waals surface area contributed by atoms with E-state index >= 15 is 0 Å². The normalized spacial score (nSPS) is 12.1. The molecule has 88 valence electrons. The average molecular weight is 237 g/mol. The van der Waals surface area contributed by atoms with Gasteiger partial charge in [0.25, 0.3) is 0 Å². The summed E-state index contributed by atoms with van der Waals surface area (Å²) in [6, 6.07) is 4.14. The second kappa shape index (κ2) is 6.43. The molecular formula is C12H19N3S. The van der Waals surface area contributed by atoms with E-state index in [1.165, 1.54) is 12.8 Å². The van der Waals surface area contributed by atoms with E-state index in [2.05, 4.69) is 24.1 Å². The van der Waals surface area contributed by atoms with Crippen molar-refractivity contribution in [1.29, 1.82) is 0 Å². The summed E-state index contributed by atoms with van der Waals surface area (Å²) in [4.78, 5) is 4.65. The van der Waals surface area contributed by atoms with Gasteiger partial charge in [-0.2, -0.15) is 0 Å². The number of aromatic nitrogens is 1. The van der Waals surface area contributed by atoms with Gasteiger partial charge in [-0.05, 0) is 25.5 Å². The van der Waals surface area contributed by atoms with Crippen LogP contribution in [-0.2, 0) is 0 Å². The van der Waals surface area contributed by atoms with Crippen LogP contribution < -0.4 is 11.1 Å². The number of hydrogen-bond donors (Lipinski definition) is 2. The van der Waals surface area contributed by atoms with Crippen LogP contribution in [0.4, 0.5) is 5.82 Å². The lowest BCUT2D eigenvalue weighted by Gasteiger charge is -2.14. The van der Waals surface area contributed by atoms with E-state index in [-0.39, 0.29) is 0 Å². The molecule has 16 heavy (non-hydrogen) atoms. The molecule has 0 aliphatic heterocycles. The SMILES string of the molecule is CCCCC(C)Nc1cc(C(N)=S)ccn1. The lowest BCUT2D eigenvalue weighted by Crippen LogP contribution is -2.17. The summed E-state index contributed by atoms with van der Waals surface area (Å²) in [5.41, 5.74) is 6.43. The van der Waals surface area contributed by atoms with Crippen molar-refractivity contribution in [2.45, 2.75) is 39.2 Å². The van der Waals surface area contributed by atoms with E-state index in [0.717, 1.165) is 17.8 Å². The first-order valence-electron chi connectivity index (χ1n) is 5.66. The van der Waals surface area contributed by atoms with Gasteiger partial charge < -0.3 is 11.1 Å². The van der Waals surface area contributed by atoms with Crippen LogP contribution in [0.5, 0.6) is 0 Å². The summed E-state index contributed by atoms with van der Waals surface area (Å²) in [5, 5.41) is 3.35. The maximum atomic E-state index is 5.57. The molecule has 0 aliphatic carbocycles. The van der Waals surface area contributed by atoms with Crippen LogP contribution in [0.1, 0.15) is 38.7 Å². The van der Waals surface area contributed by atoms with Gasteiger partial charge in [-0.1, -0.05) is 32.0 Å². The quantitative estimate of drug-likeness (QED) is 0.747. The number of rotatable bonds is 6. The molecule has 0 saturated carbocycles. The Bertz CT molecular complexity index is 352. The van der Waals surface area contributed by atoms with E-state index in [1.54, 1.807) is 6.20 Å². The van der Waals surface area contributed by atoms with Crippen molar-refractivity contribution < 1.29 is 0 Å². The average Bonchev–Trinajstić information content (AvgIpc) is 2.26. The van der Waals surface area contributed by atoms with Crippen molar-refractivity contribution in [2.24, 2.45) is 5.73 Å². The first-order valence-corrected chi connectivity index (χ1v) is 6.06. The first kappa shape index (κ1) is 12.9. The molecule has 1 rings (SSSR count). The molecule has 0 spiro atoms. The third kappa shape index (κ3) is 4.14. The number of pyridine rings is 1. The molecule has 1 unspecified atom stereocenters. The summed E-state index contributed by atoms with van der Waals surface area (Å²) in [6.07, 6.45) is 5.31. The molecule has 0 fully saturated rings. The highest BCUT2D eigenvalue weighted by Crippen LogP contribution is 2.10. The van der Waals surface area contributed by atoms with Crippen LogP contribution in [0.25, 0.3) is 0 Å². The number of nitrogens with two attached hydrogens (primary N) is 1. The first-order chi connectivity index (χ1) is 7.63. The Balaban J connectivity index is 2.59. The van der Waals surface area contributed by atoms with E-state index in [4.69, 9.17) is 18.0 Å². The molecule has 1 aromatic heterocycles. The predicted octanol–water partition coefficient (Wildman–Crippen LogP) is 2.71. The molecule has 0 saturated heterocycles. The minimum atomic E-state index is 0.409. The minimum Gasteiger partial charge on any atom is -0.389 e. The highest BCUT2D eigenvalue weighted by Gasteiger charge is 2.03. The molecule has 3 N–H and O–H groups in total. The number of hydrogen-bond acceptors (Lipinski definition) is 3. The van der Waals surface area contributed by atoms with Gasteiger partial charge in [0.05, 0.1) is 0 Å². The topological polar surface area (TPSA) is 50.9 Å². The number of unbranched alkanes of at least 4 members (excludes halogenated alkanes) is 1. The third-order valence-electron chi connectivity index (χ3n) is 2.43. The molecule has 3 nitrogen and oxygen atoms in total. The Morgan fingerprint density at radius 2 is 2.38 bits per heavy atom. The van der Waals surface area contributed by atoms with Crippen LogP contribution in [0, 0.1) is 0 Å². The molecule has 1 aromatic rings. The van der Waals surface area contributed by atoms with Gasteiger partial charge in [0.15, 0.2) is 0 Å². The van der Waals surface area contributed by atoms with E-state index in [9.17, 15) is 0 Å². The Morgan fingerprint density at radius 1 is 1.62 bits per heavy atom. The van der Waals surface area contributed by atoms with Crippen molar-refractivity contribution >= 4 is 23.0 Å². The lowest BCUT2D eigenvalue weighted by molar-refractivity contribution is 0.643. The maximum Gasteiger partial charge on any atom is 0.126 e. The van der Waals surface area contributed by atoms with Gasteiger partial charge in [0.2, 0.25) is 0 Å². The molecule has 4 heteroatoms. The fourth-order valence-electron chi connectivity index (χ4n) is 1.50. The second-order valence-corrected chi connectivity index (χ2v) is 4.42. The highest BCUT2D eigenvalue weighted by atomic mass is 32.1. The number of nitrogens with zero attached hydrogens (tertiary/aromatic N) is 1. The molecular weight excluding hydrogens is 218 g/mol. The Morgan fingerprint density at radius 3 is 3.00 bits per heavy atom. The lowest BCUT2D eigenvalue weighted by atomic mass is 10.1. The van der Waals surface area contributed by atoms with Crippen LogP contribution in [0.3, 0.4) is 0 Å². The van der Waals surface area contributed by atoms with Crippen molar-refractivity contribution in [1.82, 2.24) is 4.98 Å². The Hall–Kier alpha value is -1.16. The monoisotopic (exact) mass is 237 g/mol. The number of nitrogens with one attached hydrogen (secondary N) is 1. The summed E-state index contributed by atoms with van der Waals surface area (Å²) >= 11 is 4.93. The summed E-state index contributed by atoms with van der Waals surface area (Å²) < 4.78 is 0. The van der Waals surface area contributed by atoms with Crippen molar-refractivity contribution in [3.63, 3.8) is 0 Å². The molecule has 0 aliphatic rings. The van der Waals surface area contributed by atoms with E-state index in [0.29, 0.717) is 11.0 Å². The zero-order valence-corrected chi connectivity index (χ0v) is 10.7. The van der Waals surface area contributed by atoms with Gasteiger partial charge >= 0.3 is 0 Å². The maximum absolute atomic E-state index is 5.57. The van der Waals surface area contributed by atoms with Gasteiger partial charge in [0, 0.05) is 17.8 Å². The largest absolute Gasteiger partial charge is 0.389 e. The molecule has 0 radical (unpaired) electrons. The van der Waals surface area contributed by atoms with Crippen LogP contribution in [-0.4, -0.2) is 16.0 Å². The smallest absolute Gasteiger partial charge is 0.126 e. The molecule has 0 bridgehead atoms. The summed E-state index contributed by atoms with van der Waals surface area (Å²) in [7, 11) is 0. The minimum absolute atomic E-state index is 0.409. The molecule has 0 aromatic carbocycles. The van der Waals surface area contributed by atoms with Gasteiger partial charge in [-0.15, -0.1) is 0 Å². The highest BCUT2D eigenvalue weighted by molar-refractivity contribution is 7.80. The third-order valence-corrected chi connectivity index (χ3v) is 2.67. The number of thiocarbonyl (C=S) groups is 1. The second-order valence-electron chi connectivity index (χ2n) is 3.98. The van der Waals surface area contributed by atoms with Gasteiger partial charge in [-0.3, -0.25) is 0 Å². The fourth-order valence-corrected chi connectivity index (χ4v) is 1.62. The van der Waals surface area contributed by atoms with Crippen molar-refractivity contribution in [3.8, 4) is 0 Å². The standard InChI is InChI=1S/C12H19N3S/c1-3-4-5-9(2)15-11-8-10(12(13)16)6-7-14-11/h6-9H,3-5H2,1-2H3,(H2,13,16)(H,14,15).